The van der Waals surface area contributed by atoms with Gasteiger partial charge >= 0.3 is 12.1 Å². The van der Waals surface area contributed by atoms with Crippen LogP contribution in [0.5, 0.6) is 5.75 Å². The second kappa shape index (κ2) is 8.25. The maximum absolute atomic E-state index is 15.3. The normalized spacial score (nSPS) is 23.7. The number of aromatic hydroxyl groups is 1. The standard InChI is InChI=1S/C22H24FN3O6/c1-2-31-18(29)15-16(27)17(28)26-13-21(23)8-10-22(11-9-21,19(26)24-15)25-20(30)32-12-14-6-4-3-5-7-14/h3-7,27H,2,8-13H2,1H3,(H,25,30). The summed E-state index contributed by atoms with van der Waals surface area (Å²) in [5.41, 5.74) is -3.63. The Balaban J connectivity index is 1.70. The van der Waals surface area contributed by atoms with Crippen LogP contribution in [0.4, 0.5) is 9.18 Å². The first-order valence-electron chi connectivity index (χ1n) is 10.5. The second-order valence-corrected chi connectivity index (χ2v) is 8.16. The average Bonchev–Trinajstić information content (AvgIpc) is 2.98. The summed E-state index contributed by atoms with van der Waals surface area (Å²) < 4.78 is 26.6. The number of alkyl carbamates (subject to hydrolysis) is 1. The van der Waals surface area contributed by atoms with Crippen LogP contribution in [0.15, 0.2) is 35.1 Å². The van der Waals surface area contributed by atoms with Gasteiger partial charge in [0.2, 0.25) is 5.75 Å². The van der Waals surface area contributed by atoms with Gasteiger partial charge in [-0.15, -0.1) is 0 Å². The number of aromatic nitrogens is 2. The van der Waals surface area contributed by atoms with Crippen molar-refractivity contribution in [1.82, 2.24) is 14.9 Å². The molecule has 1 aromatic heterocycles. The van der Waals surface area contributed by atoms with Gasteiger partial charge in [-0.1, -0.05) is 30.3 Å². The Bertz CT molecular complexity index is 1090. The molecule has 1 aromatic carbocycles. The molecule has 3 aliphatic rings. The first kappa shape index (κ1) is 21.8. The van der Waals surface area contributed by atoms with E-state index in [-0.39, 0.29) is 51.3 Å². The summed E-state index contributed by atoms with van der Waals surface area (Å²) in [5, 5.41) is 13.0. The van der Waals surface area contributed by atoms with Crippen LogP contribution in [0.3, 0.4) is 0 Å². The Hall–Kier alpha value is -3.43. The maximum atomic E-state index is 15.3. The topological polar surface area (TPSA) is 120 Å². The number of ether oxygens (including phenoxy) is 2. The second-order valence-electron chi connectivity index (χ2n) is 8.16. The number of esters is 1. The fourth-order valence-corrected chi connectivity index (χ4v) is 4.32. The van der Waals surface area contributed by atoms with E-state index in [1.165, 1.54) is 0 Å². The van der Waals surface area contributed by atoms with Crippen molar-refractivity contribution in [3.63, 3.8) is 0 Å². The minimum Gasteiger partial charge on any atom is -0.501 e. The third-order valence-corrected chi connectivity index (χ3v) is 6.04. The van der Waals surface area contributed by atoms with Crippen LogP contribution in [-0.2, 0) is 28.2 Å². The van der Waals surface area contributed by atoms with Crippen molar-refractivity contribution in [3.8, 4) is 5.75 Å². The van der Waals surface area contributed by atoms with E-state index in [0.717, 1.165) is 10.1 Å². The first-order valence-corrected chi connectivity index (χ1v) is 10.5. The highest BCUT2D eigenvalue weighted by molar-refractivity contribution is 5.90. The van der Waals surface area contributed by atoms with Gasteiger partial charge in [0, 0.05) is 0 Å². The molecule has 2 aliphatic heterocycles. The number of fused-ring (bicyclic) bond motifs is 2. The lowest BCUT2D eigenvalue weighted by Gasteiger charge is -2.38. The molecule has 2 N–H and O–H groups in total. The van der Waals surface area contributed by atoms with Gasteiger partial charge in [0.1, 0.15) is 23.6 Å². The van der Waals surface area contributed by atoms with Crippen LogP contribution in [0, 0.1) is 0 Å². The van der Waals surface area contributed by atoms with Gasteiger partial charge in [0.25, 0.3) is 5.56 Å². The lowest BCUT2D eigenvalue weighted by molar-refractivity contribution is 0.0511. The van der Waals surface area contributed by atoms with Gasteiger partial charge in [0.15, 0.2) is 5.69 Å². The van der Waals surface area contributed by atoms with Crippen molar-refractivity contribution in [2.24, 2.45) is 0 Å². The minimum absolute atomic E-state index is 0.0111. The summed E-state index contributed by atoms with van der Waals surface area (Å²) in [6, 6.07) is 9.09. The zero-order valence-corrected chi connectivity index (χ0v) is 17.6. The monoisotopic (exact) mass is 445 g/mol. The third-order valence-electron chi connectivity index (χ3n) is 6.04. The van der Waals surface area contributed by atoms with Crippen LogP contribution in [-0.4, -0.2) is 39.0 Å². The van der Waals surface area contributed by atoms with Crippen molar-refractivity contribution in [1.29, 1.82) is 0 Å². The summed E-state index contributed by atoms with van der Waals surface area (Å²) in [4.78, 5) is 42.0. The predicted octanol–water partition coefficient (Wildman–Crippen LogP) is 2.54. The molecular weight excluding hydrogens is 421 g/mol. The largest absolute Gasteiger partial charge is 0.501 e. The Labute approximate surface area is 183 Å². The van der Waals surface area contributed by atoms with Gasteiger partial charge in [-0.2, -0.15) is 0 Å². The smallest absolute Gasteiger partial charge is 0.408 e. The average molecular weight is 445 g/mol. The summed E-state index contributed by atoms with van der Waals surface area (Å²) in [6.45, 7) is 1.29. The number of halogens is 1. The number of carbonyl (C=O) groups is 2. The van der Waals surface area contributed by atoms with Crippen LogP contribution < -0.4 is 10.9 Å². The zero-order valence-electron chi connectivity index (χ0n) is 17.6. The highest BCUT2D eigenvalue weighted by atomic mass is 19.1. The van der Waals surface area contributed by atoms with Gasteiger partial charge < -0.3 is 19.9 Å². The summed E-state index contributed by atoms with van der Waals surface area (Å²) >= 11 is 0. The third kappa shape index (κ3) is 3.92. The molecule has 0 atom stereocenters. The predicted molar refractivity (Wildman–Crippen MR) is 110 cm³/mol. The maximum Gasteiger partial charge on any atom is 0.408 e. The van der Waals surface area contributed by atoms with Crippen LogP contribution in [0.25, 0.3) is 0 Å². The Kier molecular flexibility index (Phi) is 5.62. The van der Waals surface area contributed by atoms with Crippen LogP contribution in [0.1, 0.15) is 54.5 Å². The van der Waals surface area contributed by atoms with E-state index >= 15 is 4.39 Å². The van der Waals surface area contributed by atoms with Crippen molar-refractivity contribution in [3.05, 3.63) is 57.8 Å². The first-order chi connectivity index (χ1) is 15.3. The number of hydrogen-bond acceptors (Lipinski definition) is 7. The molecule has 5 rings (SSSR count). The number of nitrogens with zero attached hydrogens (tertiary/aromatic N) is 2. The molecule has 32 heavy (non-hydrogen) atoms. The number of benzene rings is 1. The van der Waals surface area contributed by atoms with E-state index in [2.05, 4.69) is 10.3 Å². The number of alkyl halides is 1. The molecule has 0 radical (unpaired) electrons. The van der Waals surface area contributed by atoms with E-state index in [4.69, 9.17) is 9.47 Å². The van der Waals surface area contributed by atoms with Crippen molar-refractivity contribution in [2.45, 2.75) is 57.0 Å². The number of rotatable bonds is 5. The van der Waals surface area contributed by atoms with E-state index in [9.17, 15) is 19.5 Å². The Morgan fingerprint density at radius 2 is 1.88 bits per heavy atom. The minimum atomic E-state index is -1.69. The molecule has 170 valence electrons. The van der Waals surface area contributed by atoms with E-state index < -0.39 is 40.3 Å². The molecule has 9 nitrogen and oxygen atoms in total. The molecule has 2 aromatic rings. The molecule has 1 amide bonds. The van der Waals surface area contributed by atoms with Gasteiger partial charge in [-0.25, -0.2) is 19.0 Å². The molecule has 3 heterocycles. The number of amides is 1. The Morgan fingerprint density at radius 1 is 1.19 bits per heavy atom. The molecule has 2 bridgehead atoms. The molecule has 0 spiro atoms. The molecule has 1 saturated carbocycles. The molecule has 0 unspecified atom stereocenters. The Morgan fingerprint density at radius 3 is 2.53 bits per heavy atom. The summed E-state index contributed by atoms with van der Waals surface area (Å²) in [5.74, 6) is -1.86. The number of nitrogens with one attached hydrogen (secondary N) is 1. The van der Waals surface area contributed by atoms with Gasteiger partial charge in [-0.3, -0.25) is 9.36 Å². The zero-order chi connectivity index (χ0) is 22.9. The molecule has 1 aliphatic carbocycles. The van der Waals surface area contributed by atoms with Gasteiger partial charge in [0.05, 0.1) is 13.2 Å². The molecule has 0 saturated heterocycles. The molecule has 10 heteroatoms. The van der Waals surface area contributed by atoms with E-state index in [1.807, 2.05) is 18.2 Å². The fourth-order valence-electron chi connectivity index (χ4n) is 4.32. The van der Waals surface area contributed by atoms with Crippen molar-refractivity contribution < 1.29 is 28.6 Å². The summed E-state index contributed by atoms with van der Waals surface area (Å²) in [6.07, 6.45) is -0.296. The summed E-state index contributed by atoms with van der Waals surface area (Å²) in [7, 11) is 0. The van der Waals surface area contributed by atoms with Gasteiger partial charge in [-0.05, 0) is 38.2 Å². The van der Waals surface area contributed by atoms with Crippen molar-refractivity contribution >= 4 is 12.1 Å². The number of carbonyl (C=O) groups excluding carboxylic acids is 2. The van der Waals surface area contributed by atoms with E-state index in [0.29, 0.717) is 0 Å². The quantitative estimate of drug-likeness (QED) is 0.679. The highest BCUT2D eigenvalue weighted by Crippen LogP contribution is 2.46. The van der Waals surface area contributed by atoms with Crippen molar-refractivity contribution in [2.75, 3.05) is 6.61 Å². The fraction of sp³-hybridized carbons (Fsp3) is 0.455. The lowest BCUT2D eigenvalue weighted by Crippen LogP contribution is -2.50. The van der Waals surface area contributed by atoms with Crippen LogP contribution in [0.2, 0.25) is 0 Å². The SMILES string of the molecule is CCOC(=O)c1nc2n(c(=O)c1O)CC1(F)CCC2(NC(=O)OCc2ccccc2)CC1. The molecular formula is C22H24FN3O6. The van der Waals surface area contributed by atoms with Crippen LogP contribution >= 0.6 is 0 Å². The van der Waals surface area contributed by atoms with E-state index in [1.54, 1.807) is 19.1 Å². The lowest BCUT2D eigenvalue weighted by atomic mass is 9.76. The number of hydrogen-bond donors (Lipinski definition) is 2. The highest BCUT2D eigenvalue weighted by Gasteiger charge is 2.52. The molecule has 1 fully saturated rings.